The molecular weight excluding hydrogens is 512 g/mol. The maximum Gasteiger partial charge on any atom is 0.335 e. The number of anilines is 2. The summed E-state index contributed by atoms with van der Waals surface area (Å²) in [6.45, 7) is 4.70. The van der Waals surface area contributed by atoms with E-state index in [1.54, 1.807) is 13.8 Å². The number of ether oxygens (including phenoxy) is 1. The van der Waals surface area contributed by atoms with Gasteiger partial charge in [-0.05, 0) is 56.3 Å². The number of amides is 2. The highest BCUT2D eigenvalue weighted by Crippen LogP contribution is 2.27. The molecule has 0 aliphatic rings. The molecule has 0 fully saturated rings. The molecule has 0 spiro atoms. The Kier molecular flexibility index (Phi) is 7.65. The number of benzene rings is 2. The number of hydrogen-bond acceptors (Lipinski definition) is 6. The van der Waals surface area contributed by atoms with Gasteiger partial charge < -0.3 is 15.4 Å². The second-order valence-corrected chi connectivity index (χ2v) is 8.70. The highest BCUT2D eigenvalue weighted by atomic mass is 19.1. The second kappa shape index (κ2) is 11.1. The van der Waals surface area contributed by atoms with Crippen LogP contribution >= 0.6 is 0 Å². The average molecular weight is 536 g/mol. The lowest BCUT2D eigenvalue weighted by molar-refractivity contribution is -0.114. The number of halogens is 2. The highest BCUT2D eigenvalue weighted by molar-refractivity contribution is 6.03. The third-order valence-electron chi connectivity index (χ3n) is 5.45. The van der Waals surface area contributed by atoms with E-state index in [-0.39, 0.29) is 40.2 Å². The van der Waals surface area contributed by atoms with Crippen molar-refractivity contribution in [3.8, 4) is 17.2 Å². The summed E-state index contributed by atoms with van der Waals surface area (Å²) in [7, 11) is 0. The molecule has 2 aromatic heterocycles. The predicted octanol–water partition coefficient (Wildman–Crippen LogP) is 4.26. The first-order chi connectivity index (χ1) is 18.5. The minimum Gasteiger partial charge on any atom is -0.454 e. The Morgan fingerprint density at radius 1 is 0.974 bits per heavy atom. The van der Waals surface area contributed by atoms with Gasteiger partial charge in [-0.1, -0.05) is 0 Å². The molecule has 0 aliphatic carbocycles. The zero-order valence-corrected chi connectivity index (χ0v) is 21.1. The lowest BCUT2D eigenvalue weighted by Crippen LogP contribution is -2.42. The van der Waals surface area contributed by atoms with Crippen LogP contribution in [0.25, 0.3) is 5.69 Å². The molecule has 0 unspecified atom stereocenters. The number of pyridine rings is 1. The summed E-state index contributed by atoms with van der Waals surface area (Å²) in [5, 5.41) is 4.95. The van der Waals surface area contributed by atoms with E-state index < -0.39 is 34.8 Å². The minimum absolute atomic E-state index is 0.0218. The molecule has 0 aliphatic heterocycles. The maximum atomic E-state index is 14.8. The summed E-state index contributed by atoms with van der Waals surface area (Å²) in [6.07, 6.45) is 2.51. The van der Waals surface area contributed by atoms with Crippen molar-refractivity contribution in [3.63, 3.8) is 0 Å². The molecule has 0 bridgehead atoms. The van der Waals surface area contributed by atoms with Crippen molar-refractivity contribution in [3.05, 3.63) is 105 Å². The number of nitrogens with zero attached hydrogens (tertiary/aromatic N) is 3. The molecule has 4 aromatic rings. The van der Waals surface area contributed by atoms with E-state index in [1.165, 1.54) is 54.1 Å². The zero-order valence-electron chi connectivity index (χ0n) is 21.1. The van der Waals surface area contributed by atoms with Gasteiger partial charge in [-0.15, -0.1) is 0 Å². The van der Waals surface area contributed by atoms with E-state index in [2.05, 4.69) is 15.6 Å². The Balaban J connectivity index is 1.62. The lowest BCUT2D eigenvalue weighted by atomic mass is 10.2. The Hall–Kier alpha value is -5.13. The van der Waals surface area contributed by atoms with E-state index in [4.69, 9.17) is 4.74 Å². The fraction of sp³-hybridized carbons (Fsp3) is 0.148. The average Bonchev–Trinajstić information content (AvgIpc) is 2.86. The van der Waals surface area contributed by atoms with Gasteiger partial charge in [0.15, 0.2) is 11.6 Å². The molecule has 0 saturated heterocycles. The SMILES string of the molecule is CC(=O)Nc1cc(Oc2ccc(NC(=O)c3cn(C(C)C)c(=O)n(-c4ccc(F)cc4)c3=O)cc2F)ccn1. The van der Waals surface area contributed by atoms with Crippen LogP contribution in [-0.4, -0.2) is 25.9 Å². The molecule has 0 saturated carbocycles. The molecule has 200 valence electrons. The number of nitrogens with one attached hydrogen (secondary N) is 2. The van der Waals surface area contributed by atoms with E-state index in [9.17, 15) is 28.0 Å². The van der Waals surface area contributed by atoms with Gasteiger partial charge in [-0.25, -0.2) is 23.1 Å². The summed E-state index contributed by atoms with van der Waals surface area (Å²) >= 11 is 0. The van der Waals surface area contributed by atoms with E-state index >= 15 is 0 Å². The summed E-state index contributed by atoms with van der Waals surface area (Å²) in [5.74, 6) is -2.33. The molecule has 0 atom stereocenters. The van der Waals surface area contributed by atoms with Gasteiger partial charge in [-0.3, -0.25) is 19.0 Å². The number of aromatic nitrogens is 3. The third-order valence-corrected chi connectivity index (χ3v) is 5.45. The molecule has 0 radical (unpaired) electrons. The summed E-state index contributed by atoms with van der Waals surface area (Å²) in [4.78, 5) is 54.4. The van der Waals surface area contributed by atoms with Crippen LogP contribution in [-0.2, 0) is 4.79 Å². The first-order valence-corrected chi connectivity index (χ1v) is 11.7. The number of carbonyl (C=O) groups is 2. The summed E-state index contributed by atoms with van der Waals surface area (Å²) in [5.41, 5.74) is -1.90. The van der Waals surface area contributed by atoms with Gasteiger partial charge in [-0.2, -0.15) is 0 Å². The Labute approximate surface area is 220 Å². The first kappa shape index (κ1) is 26.9. The van der Waals surface area contributed by atoms with Gasteiger partial charge in [0.25, 0.3) is 11.5 Å². The summed E-state index contributed by atoms with van der Waals surface area (Å²) in [6, 6.07) is 10.8. The number of carbonyl (C=O) groups excluding carboxylic acids is 2. The van der Waals surface area contributed by atoms with Crippen LogP contribution in [0.15, 0.2) is 76.6 Å². The van der Waals surface area contributed by atoms with Crippen molar-refractivity contribution in [2.75, 3.05) is 10.6 Å². The molecule has 2 amide bonds. The number of rotatable bonds is 7. The normalized spacial score (nSPS) is 10.8. The van der Waals surface area contributed by atoms with Crippen LogP contribution in [0.5, 0.6) is 11.5 Å². The van der Waals surface area contributed by atoms with Gasteiger partial charge in [0.2, 0.25) is 5.91 Å². The number of hydrogen-bond donors (Lipinski definition) is 2. The van der Waals surface area contributed by atoms with Crippen LogP contribution in [0.2, 0.25) is 0 Å². The smallest absolute Gasteiger partial charge is 0.335 e. The Morgan fingerprint density at radius 3 is 2.33 bits per heavy atom. The van der Waals surface area contributed by atoms with Crippen LogP contribution in [0.3, 0.4) is 0 Å². The molecule has 10 nitrogen and oxygen atoms in total. The minimum atomic E-state index is -0.922. The van der Waals surface area contributed by atoms with Crippen LogP contribution in [0, 0.1) is 11.6 Å². The van der Waals surface area contributed by atoms with E-state index in [0.29, 0.717) is 0 Å². The largest absolute Gasteiger partial charge is 0.454 e. The van der Waals surface area contributed by atoms with E-state index in [0.717, 1.165) is 29.0 Å². The van der Waals surface area contributed by atoms with Crippen molar-refractivity contribution in [2.24, 2.45) is 0 Å². The fourth-order valence-corrected chi connectivity index (χ4v) is 3.63. The fourth-order valence-electron chi connectivity index (χ4n) is 3.63. The molecule has 2 heterocycles. The van der Waals surface area contributed by atoms with Crippen molar-refractivity contribution in [1.82, 2.24) is 14.1 Å². The zero-order chi connectivity index (χ0) is 28.3. The molecule has 12 heteroatoms. The third kappa shape index (κ3) is 6.06. The van der Waals surface area contributed by atoms with Crippen molar-refractivity contribution >= 4 is 23.3 Å². The predicted molar refractivity (Wildman–Crippen MR) is 140 cm³/mol. The topological polar surface area (TPSA) is 124 Å². The van der Waals surface area contributed by atoms with E-state index in [1.807, 2.05) is 0 Å². The summed E-state index contributed by atoms with van der Waals surface area (Å²) < 4.78 is 35.7. The van der Waals surface area contributed by atoms with Crippen molar-refractivity contribution < 1.29 is 23.1 Å². The van der Waals surface area contributed by atoms with Gasteiger partial charge in [0, 0.05) is 43.2 Å². The van der Waals surface area contributed by atoms with Crippen molar-refractivity contribution in [1.29, 1.82) is 0 Å². The first-order valence-electron chi connectivity index (χ1n) is 11.7. The highest BCUT2D eigenvalue weighted by Gasteiger charge is 2.20. The van der Waals surface area contributed by atoms with Crippen molar-refractivity contribution in [2.45, 2.75) is 26.8 Å². The van der Waals surface area contributed by atoms with Gasteiger partial charge in [0.1, 0.15) is 22.9 Å². The second-order valence-electron chi connectivity index (χ2n) is 8.70. The molecular formula is C27H23F2N5O5. The van der Waals surface area contributed by atoms with Gasteiger partial charge >= 0.3 is 5.69 Å². The quantitative estimate of drug-likeness (QED) is 0.365. The Morgan fingerprint density at radius 2 is 1.69 bits per heavy atom. The van der Waals surface area contributed by atoms with Crippen LogP contribution in [0.1, 0.15) is 37.2 Å². The van der Waals surface area contributed by atoms with Crippen LogP contribution in [0.4, 0.5) is 20.3 Å². The maximum absolute atomic E-state index is 14.8. The van der Waals surface area contributed by atoms with Gasteiger partial charge in [0.05, 0.1) is 5.69 Å². The molecule has 2 N–H and O–H groups in total. The molecule has 2 aromatic carbocycles. The standard InChI is InChI=1S/C27H23F2N5O5/c1-15(2)33-14-21(26(37)34(27(33)38)19-7-4-17(28)5-8-19)25(36)32-18-6-9-23(22(29)12-18)39-20-10-11-30-24(13-20)31-16(3)35/h4-15H,1-3H3,(H,32,36)(H,30,31,35). The Bertz CT molecular complexity index is 1680. The molecule has 4 rings (SSSR count). The molecule has 39 heavy (non-hydrogen) atoms. The lowest BCUT2D eigenvalue weighted by Gasteiger charge is -2.16. The van der Waals surface area contributed by atoms with Crippen LogP contribution < -0.4 is 26.6 Å². The monoisotopic (exact) mass is 535 g/mol.